The molecule has 0 radical (unpaired) electrons. The van der Waals surface area contributed by atoms with Crippen LogP contribution in [0.2, 0.25) is 0 Å². The topological polar surface area (TPSA) is 0 Å². The average molecular weight is 613 g/mol. The van der Waals surface area contributed by atoms with Crippen molar-refractivity contribution in [1.29, 1.82) is 0 Å². The second-order valence-corrected chi connectivity index (χ2v) is 13.5. The molecule has 0 spiro atoms. The van der Waals surface area contributed by atoms with Gasteiger partial charge in [-0.25, -0.2) is 0 Å². The molecule has 9 aromatic carbocycles. The van der Waals surface area contributed by atoms with Gasteiger partial charge >= 0.3 is 0 Å². The molecule has 0 nitrogen and oxygen atoms in total. The number of hydrogen-bond donors (Lipinski definition) is 0. The van der Waals surface area contributed by atoms with Crippen LogP contribution in [0.5, 0.6) is 0 Å². The van der Waals surface area contributed by atoms with Crippen LogP contribution in [0.1, 0.15) is 0 Å². The number of rotatable bonds is 3. The largest absolute Gasteiger partial charge is 0.135 e. The van der Waals surface area contributed by atoms with E-state index in [9.17, 15) is 0 Å². The smallest absolute Gasteiger partial charge is 0.0434 e. The van der Waals surface area contributed by atoms with Crippen molar-refractivity contribution in [2.75, 3.05) is 0 Å². The molecule has 0 aliphatic carbocycles. The fourth-order valence-corrected chi connectivity index (χ4v) is 8.96. The van der Waals surface area contributed by atoms with Crippen LogP contribution in [-0.4, -0.2) is 0 Å². The Hall–Kier alpha value is -5.76. The lowest BCUT2D eigenvalue weighted by Crippen LogP contribution is -1.91. The van der Waals surface area contributed by atoms with Gasteiger partial charge in [-0.05, 0) is 83.0 Å². The third-order valence-electron chi connectivity index (χ3n) is 9.84. The van der Waals surface area contributed by atoms with Crippen molar-refractivity contribution in [2.24, 2.45) is 0 Å². The molecule has 0 amide bonds. The minimum absolute atomic E-state index is 1.24. The fraction of sp³-hybridized carbons (Fsp3) is 0. The minimum Gasteiger partial charge on any atom is -0.135 e. The quantitative estimate of drug-likeness (QED) is 0.174. The number of thiophene rings is 1. The van der Waals surface area contributed by atoms with Crippen molar-refractivity contribution in [3.63, 3.8) is 0 Å². The van der Waals surface area contributed by atoms with Crippen LogP contribution < -0.4 is 0 Å². The summed E-state index contributed by atoms with van der Waals surface area (Å²) in [7, 11) is 0. The summed E-state index contributed by atoms with van der Waals surface area (Å²) in [4.78, 5) is 0. The van der Waals surface area contributed by atoms with E-state index in [1.54, 1.807) is 0 Å². The first-order chi connectivity index (χ1) is 23.3. The SMILES string of the molecule is c1ccc2cc3c(cc2c1)sc1c(-c2c4ccccc4c(-c4ccc(-c5cccc6ccccc56)cc4)c4ccccc24)cccc13. The summed E-state index contributed by atoms with van der Waals surface area (Å²) in [5, 5.41) is 12.9. The Morgan fingerprint density at radius 2 is 0.787 bits per heavy atom. The minimum atomic E-state index is 1.24. The van der Waals surface area contributed by atoms with Crippen molar-refractivity contribution in [3.05, 3.63) is 170 Å². The zero-order valence-corrected chi connectivity index (χ0v) is 26.4. The second kappa shape index (κ2) is 10.4. The maximum atomic E-state index is 2.37. The number of benzene rings is 9. The Morgan fingerprint density at radius 3 is 1.49 bits per heavy atom. The molecule has 10 aromatic rings. The van der Waals surface area contributed by atoms with Gasteiger partial charge in [-0.15, -0.1) is 11.3 Å². The van der Waals surface area contributed by atoms with E-state index < -0.39 is 0 Å². The fourth-order valence-electron chi connectivity index (χ4n) is 7.70. The van der Waals surface area contributed by atoms with E-state index in [4.69, 9.17) is 0 Å². The second-order valence-electron chi connectivity index (χ2n) is 12.4. The molecule has 0 saturated carbocycles. The molecule has 10 rings (SSSR count). The first-order valence-corrected chi connectivity index (χ1v) is 17.0. The van der Waals surface area contributed by atoms with Crippen LogP contribution in [0, 0.1) is 0 Å². The summed E-state index contributed by atoms with van der Waals surface area (Å²) in [6.45, 7) is 0. The summed E-state index contributed by atoms with van der Waals surface area (Å²) in [5.41, 5.74) is 7.65. The van der Waals surface area contributed by atoms with Crippen molar-refractivity contribution in [1.82, 2.24) is 0 Å². The van der Waals surface area contributed by atoms with Gasteiger partial charge in [-0.2, -0.15) is 0 Å². The molecule has 1 aromatic heterocycles. The molecule has 0 fully saturated rings. The molecule has 0 bridgehead atoms. The van der Waals surface area contributed by atoms with Crippen LogP contribution in [0.4, 0.5) is 0 Å². The molecular weight excluding hydrogens is 585 g/mol. The van der Waals surface area contributed by atoms with Crippen molar-refractivity contribution in [2.45, 2.75) is 0 Å². The molecular formula is C46H28S. The van der Waals surface area contributed by atoms with Crippen LogP contribution in [0.25, 0.3) is 96.6 Å². The molecule has 0 unspecified atom stereocenters. The predicted molar refractivity (Wildman–Crippen MR) is 206 cm³/mol. The van der Waals surface area contributed by atoms with E-state index in [2.05, 4.69) is 170 Å². The normalized spacial score (nSPS) is 11.8. The molecule has 0 N–H and O–H groups in total. The third kappa shape index (κ3) is 4.07. The molecule has 1 heterocycles. The first-order valence-electron chi connectivity index (χ1n) is 16.2. The van der Waals surface area contributed by atoms with Gasteiger partial charge in [-0.3, -0.25) is 0 Å². The summed E-state index contributed by atoms with van der Waals surface area (Å²) in [6, 6.07) is 62.7. The van der Waals surface area contributed by atoms with Crippen molar-refractivity contribution < 1.29 is 0 Å². The predicted octanol–water partition coefficient (Wildman–Crippen LogP) is 13.7. The van der Waals surface area contributed by atoms with Crippen LogP contribution in [0.15, 0.2) is 170 Å². The van der Waals surface area contributed by atoms with E-state index in [1.807, 2.05) is 11.3 Å². The van der Waals surface area contributed by atoms with Gasteiger partial charge in [0, 0.05) is 25.7 Å². The van der Waals surface area contributed by atoms with Crippen LogP contribution in [-0.2, 0) is 0 Å². The molecule has 0 atom stereocenters. The van der Waals surface area contributed by atoms with Gasteiger partial charge in [0.05, 0.1) is 0 Å². The zero-order valence-electron chi connectivity index (χ0n) is 25.6. The summed E-state index contributed by atoms with van der Waals surface area (Å²) >= 11 is 1.92. The van der Waals surface area contributed by atoms with Crippen LogP contribution in [0.3, 0.4) is 0 Å². The highest BCUT2D eigenvalue weighted by molar-refractivity contribution is 7.26. The Bertz CT molecular complexity index is 2770. The lowest BCUT2D eigenvalue weighted by Gasteiger charge is -2.18. The van der Waals surface area contributed by atoms with E-state index in [1.165, 1.54) is 96.6 Å². The Labute approximate surface area is 276 Å². The highest BCUT2D eigenvalue weighted by Crippen LogP contribution is 2.48. The lowest BCUT2D eigenvalue weighted by molar-refractivity contribution is 1.63. The Morgan fingerprint density at radius 1 is 0.298 bits per heavy atom. The van der Waals surface area contributed by atoms with Crippen molar-refractivity contribution in [3.8, 4) is 33.4 Å². The van der Waals surface area contributed by atoms with E-state index in [-0.39, 0.29) is 0 Å². The Balaban J connectivity index is 1.22. The van der Waals surface area contributed by atoms with Gasteiger partial charge in [0.15, 0.2) is 0 Å². The molecule has 218 valence electrons. The van der Waals surface area contributed by atoms with Crippen molar-refractivity contribution >= 4 is 74.6 Å². The molecule has 0 aliphatic rings. The highest BCUT2D eigenvalue weighted by Gasteiger charge is 2.19. The van der Waals surface area contributed by atoms with Crippen LogP contribution >= 0.6 is 11.3 Å². The van der Waals surface area contributed by atoms with Gasteiger partial charge in [0.2, 0.25) is 0 Å². The maximum Gasteiger partial charge on any atom is 0.0434 e. The molecule has 1 heteroatoms. The van der Waals surface area contributed by atoms with E-state index in [0.717, 1.165) is 0 Å². The van der Waals surface area contributed by atoms with Gasteiger partial charge in [0.1, 0.15) is 0 Å². The van der Waals surface area contributed by atoms with Gasteiger partial charge in [-0.1, -0.05) is 158 Å². The Kier molecular flexibility index (Phi) is 5.85. The molecule has 0 aliphatic heterocycles. The standard InChI is InChI=1S/C46H28S/c1-2-13-33-28-43-42(27-32(33)12-1)40-21-10-22-41(46(40)47-43)45-38-18-7-5-16-36(38)44(37-17-6-8-19-39(37)45)31-25-23-30(24-26-31)35-20-9-14-29-11-3-4-15-34(29)35/h1-28H. The first kappa shape index (κ1) is 26.5. The number of hydrogen-bond acceptors (Lipinski definition) is 1. The number of fused-ring (bicyclic) bond motifs is 7. The van der Waals surface area contributed by atoms with Gasteiger partial charge < -0.3 is 0 Å². The zero-order chi connectivity index (χ0) is 30.9. The van der Waals surface area contributed by atoms with E-state index in [0.29, 0.717) is 0 Å². The summed E-state index contributed by atoms with van der Waals surface area (Å²) < 4.78 is 2.68. The molecule has 47 heavy (non-hydrogen) atoms. The highest BCUT2D eigenvalue weighted by atomic mass is 32.1. The van der Waals surface area contributed by atoms with Gasteiger partial charge in [0.25, 0.3) is 0 Å². The van der Waals surface area contributed by atoms with E-state index >= 15 is 0 Å². The maximum absolute atomic E-state index is 2.37. The summed E-state index contributed by atoms with van der Waals surface area (Å²) in [6.07, 6.45) is 0. The summed E-state index contributed by atoms with van der Waals surface area (Å²) in [5.74, 6) is 0. The lowest BCUT2D eigenvalue weighted by atomic mass is 9.85. The molecule has 0 saturated heterocycles. The average Bonchev–Trinajstić information content (AvgIpc) is 3.50. The third-order valence-corrected chi connectivity index (χ3v) is 11.0. The monoisotopic (exact) mass is 612 g/mol.